The van der Waals surface area contributed by atoms with E-state index >= 15 is 0 Å². The Labute approximate surface area is 537 Å². The quantitative estimate of drug-likeness (QED) is 0.0246. The first-order valence-electron chi connectivity index (χ1n) is 31.6. The van der Waals surface area contributed by atoms with Gasteiger partial charge in [-0.3, -0.25) is 38.5 Å². The molecule has 1 fully saturated rings. The van der Waals surface area contributed by atoms with Crippen LogP contribution in [0.2, 0.25) is 0 Å². The first kappa shape index (κ1) is 75.8. The van der Waals surface area contributed by atoms with Crippen molar-refractivity contribution >= 4 is 59.2 Å². The summed E-state index contributed by atoms with van der Waals surface area (Å²) in [6.45, 7) is 20.6. The van der Waals surface area contributed by atoms with E-state index in [0.717, 1.165) is 5.56 Å². The Kier molecular flexibility index (Phi) is 30.3. The summed E-state index contributed by atoms with van der Waals surface area (Å²) in [6, 6.07) is 15.9. The van der Waals surface area contributed by atoms with Crippen molar-refractivity contribution in [2.24, 2.45) is 35.3 Å². The summed E-state index contributed by atoms with van der Waals surface area (Å²) < 4.78 is 17.6. The number of nitrogens with zero attached hydrogens (tertiary/aromatic N) is 3. The van der Waals surface area contributed by atoms with Crippen LogP contribution >= 0.6 is 0 Å². The number of hydrogen-bond acceptors (Lipinski definition) is 14. The summed E-state index contributed by atoms with van der Waals surface area (Å²) in [4.78, 5) is 128. The topological polar surface area (TPSA) is 330 Å². The lowest BCUT2D eigenvalue weighted by Gasteiger charge is -2.41. The number of aliphatic hydroxyl groups excluding tert-OH is 2. The Hall–Kier alpha value is -7.67. The third kappa shape index (κ3) is 21.7. The average molecular weight is 1270 g/mol. The van der Waals surface area contributed by atoms with Crippen molar-refractivity contribution in [3.63, 3.8) is 0 Å². The molecule has 1 aliphatic rings. The molecule has 0 bridgehead atoms. The Morgan fingerprint density at radius 3 is 1.87 bits per heavy atom. The van der Waals surface area contributed by atoms with Crippen molar-refractivity contribution in [2.45, 2.75) is 188 Å². The lowest BCUT2D eigenvalue weighted by atomic mass is 9.89. The zero-order chi connectivity index (χ0) is 68.0. The van der Waals surface area contributed by atoms with E-state index in [9.17, 15) is 53.4 Å². The van der Waals surface area contributed by atoms with Gasteiger partial charge in [0.1, 0.15) is 36.9 Å². The van der Waals surface area contributed by atoms with Gasteiger partial charge in [-0.15, -0.1) is 0 Å². The molecule has 1 saturated heterocycles. The maximum absolute atomic E-state index is 14.8. The molecule has 3 aromatic carbocycles. The normalized spacial score (nSPS) is 16.8. The fraction of sp³-hybridized carbons (Fsp3) is 0.597. The minimum atomic E-state index is -1.60. The lowest BCUT2D eigenvalue weighted by molar-refractivity contribution is -0.148. The summed E-state index contributed by atoms with van der Waals surface area (Å²) in [7, 11) is 5.99. The van der Waals surface area contributed by atoms with E-state index in [2.05, 4.69) is 31.9 Å². The second-order valence-corrected chi connectivity index (χ2v) is 25.1. The van der Waals surface area contributed by atoms with E-state index in [1.807, 2.05) is 39.8 Å². The van der Waals surface area contributed by atoms with Gasteiger partial charge in [0.25, 0.3) is 5.91 Å². The smallest absolute Gasteiger partial charge is 0.410 e. The molecule has 4 rings (SSSR count). The van der Waals surface area contributed by atoms with Gasteiger partial charge in [0.2, 0.25) is 35.4 Å². The Morgan fingerprint density at radius 1 is 0.692 bits per heavy atom. The van der Waals surface area contributed by atoms with Crippen LogP contribution in [0.25, 0.3) is 0 Å². The number of rotatable bonds is 34. The number of urea groups is 1. The number of methoxy groups -OCH3 is 2. The second kappa shape index (κ2) is 36.4. The van der Waals surface area contributed by atoms with Crippen LogP contribution in [0.5, 0.6) is 0 Å². The molecule has 504 valence electrons. The standard InChI is InChI=1S/C67H102N10O14/c1-16-42(10)56(51(89-14)36-52(78)77-35-21-25-50(77)58(90-15)43(11)59(80)74-64(85)57(79)46-22-18-17-19-23-46)75(12)65(86)54(40(6)7)73-63(84)55(41(8)9)76(13)67(88)91-37-44-26-32-48(33-27-44)70-61(82)49(24-20-34-69-66(68)87)71-62(83)53(39(4)5)72-60(81)47-30-28-45(29-31-47)38(2)3/h17-19,22-23,26-33,38-43,49-51,53-58,64,79,85H,16,20-21,24-25,34-37H2,1-15H3,(H,70,82)(H,71,83)(H,72,81)(H,73,84)(H,74,80)(H3,68,69,87)/t42-,43+,49-,50-,51+,53-,54-,55-,56-,57-,58+,64+/m0/s1. The third-order valence-electron chi connectivity index (χ3n) is 17.1. The van der Waals surface area contributed by atoms with Gasteiger partial charge in [-0.05, 0) is 96.2 Å². The van der Waals surface area contributed by atoms with Crippen molar-refractivity contribution in [1.29, 1.82) is 0 Å². The molecule has 0 spiro atoms. The zero-order valence-electron chi connectivity index (χ0n) is 55.8. The van der Waals surface area contributed by atoms with Crippen LogP contribution in [0.3, 0.4) is 0 Å². The van der Waals surface area contributed by atoms with E-state index in [0.29, 0.717) is 48.2 Å². The van der Waals surface area contributed by atoms with Crippen LogP contribution in [0.15, 0.2) is 78.9 Å². The molecule has 24 heteroatoms. The average Bonchev–Trinajstić information content (AvgIpc) is 3.13. The molecule has 0 saturated carbocycles. The van der Waals surface area contributed by atoms with Crippen molar-refractivity contribution < 1.29 is 67.6 Å². The van der Waals surface area contributed by atoms with E-state index in [4.69, 9.17) is 19.9 Å². The highest BCUT2D eigenvalue weighted by atomic mass is 16.6. The molecule has 24 nitrogen and oxygen atoms in total. The number of nitrogens with one attached hydrogen (secondary N) is 6. The SMILES string of the molecule is CC[C@H](C)[C@@H]([C@@H](CC(=O)N1CCC[C@H]1[C@H](OC)[C@@H](C)C(=O)N[C@H](O)[C@@H](O)c1ccccc1)OC)N(C)C(=O)[C@@H](NC(=O)[C@H](C(C)C)N(C)C(=O)OCc1ccc(NC(=O)[C@H](CCCNC(N)=O)NC(=O)[C@@H](NC(=O)c2ccc(C(C)C)cc2)C(C)C)cc1)C(C)C. The molecular weight excluding hydrogens is 1170 g/mol. The number of primary amides is 1. The van der Waals surface area contributed by atoms with Crippen LogP contribution in [0.4, 0.5) is 15.3 Å². The molecule has 0 unspecified atom stereocenters. The molecule has 12 atom stereocenters. The number of carbonyl (C=O) groups excluding carboxylic acids is 9. The van der Waals surface area contributed by atoms with Crippen LogP contribution in [0, 0.1) is 29.6 Å². The van der Waals surface area contributed by atoms with Gasteiger partial charge in [0, 0.05) is 52.7 Å². The summed E-state index contributed by atoms with van der Waals surface area (Å²) in [6.07, 6.45) is -3.34. The number of hydrogen-bond donors (Lipinski definition) is 9. The number of anilines is 1. The molecule has 1 heterocycles. The van der Waals surface area contributed by atoms with E-state index in [-0.39, 0.29) is 56.1 Å². The molecule has 0 aromatic heterocycles. The molecular formula is C67H102N10O14. The second-order valence-electron chi connectivity index (χ2n) is 25.1. The third-order valence-corrected chi connectivity index (χ3v) is 17.1. The highest BCUT2D eigenvalue weighted by molar-refractivity contribution is 6.00. The number of likely N-dealkylation sites (N-methyl/N-ethyl adjacent to an activating group) is 2. The summed E-state index contributed by atoms with van der Waals surface area (Å²) in [5.74, 6) is -5.47. The zero-order valence-corrected chi connectivity index (χ0v) is 55.8. The molecule has 10 N–H and O–H groups in total. The molecule has 0 radical (unpaired) electrons. The summed E-state index contributed by atoms with van der Waals surface area (Å²) in [5.41, 5.74) is 7.99. The van der Waals surface area contributed by atoms with E-state index < -0.39 is 126 Å². The monoisotopic (exact) mass is 1270 g/mol. The first-order chi connectivity index (χ1) is 43.0. The molecule has 10 amide bonds. The Balaban J connectivity index is 1.41. The van der Waals surface area contributed by atoms with Gasteiger partial charge in [0.15, 0.2) is 6.23 Å². The van der Waals surface area contributed by atoms with Crippen molar-refractivity contribution in [3.8, 4) is 0 Å². The number of amides is 10. The number of benzene rings is 3. The van der Waals surface area contributed by atoms with Crippen molar-refractivity contribution in [3.05, 3.63) is 101 Å². The highest BCUT2D eigenvalue weighted by Gasteiger charge is 2.44. The van der Waals surface area contributed by atoms with Crippen molar-refractivity contribution in [1.82, 2.24) is 41.3 Å². The number of carbonyl (C=O) groups is 9. The van der Waals surface area contributed by atoms with Gasteiger partial charge < -0.3 is 71.9 Å². The summed E-state index contributed by atoms with van der Waals surface area (Å²) >= 11 is 0. The molecule has 3 aromatic rings. The van der Waals surface area contributed by atoms with Crippen LogP contribution in [-0.4, -0.2) is 174 Å². The number of nitrogens with two attached hydrogens (primary N) is 1. The number of aliphatic hydroxyl groups is 2. The number of likely N-dealkylation sites (tertiary alicyclic amines) is 1. The van der Waals surface area contributed by atoms with Crippen LogP contribution in [0.1, 0.15) is 154 Å². The van der Waals surface area contributed by atoms with Gasteiger partial charge in [-0.25, -0.2) is 9.59 Å². The predicted octanol–water partition coefficient (Wildman–Crippen LogP) is 5.96. The predicted molar refractivity (Wildman–Crippen MR) is 345 cm³/mol. The molecule has 0 aliphatic carbocycles. The maximum atomic E-state index is 14.8. The lowest BCUT2D eigenvalue weighted by Crippen LogP contribution is -2.60. The van der Waals surface area contributed by atoms with E-state index in [1.165, 1.54) is 31.1 Å². The van der Waals surface area contributed by atoms with Crippen LogP contribution < -0.4 is 37.6 Å². The number of ether oxygens (including phenoxy) is 3. The van der Waals surface area contributed by atoms with Crippen molar-refractivity contribution in [2.75, 3.05) is 46.7 Å². The molecule has 91 heavy (non-hydrogen) atoms. The molecule has 1 aliphatic heterocycles. The van der Waals surface area contributed by atoms with E-state index in [1.54, 1.807) is 127 Å². The largest absolute Gasteiger partial charge is 0.445 e. The minimum absolute atomic E-state index is 0.107. The fourth-order valence-corrected chi connectivity index (χ4v) is 11.5. The highest BCUT2D eigenvalue weighted by Crippen LogP contribution is 2.31. The Morgan fingerprint density at radius 2 is 1.32 bits per heavy atom. The van der Waals surface area contributed by atoms with Gasteiger partial charge in [-0.2, -0.15) is 0 Å². The summed E-state index contributed by atoms with van der Waals surface area (Å²) in [5, 5.41) is 37.8. The van der Waals surface area contributed by atoms with Gasteiger partial charge in [-0.1, -0.05) is 137 Å². The van der Waals surface area contributed by atoms with Crippen LogP contribution in [-0.2, 0) is 49.6 Å². The maximum Gasteiger partial charge on any atom is 0.410 e. The Bertz CT molecular complexity index is 2860. The van der Waals surface area contributed by atoms with Gasteiger partial charge in [0.05, 0.1) is 36.6 Å². The first-order valence-corrected chi connectivity index (χ1v) is 31.6. The minimum Gasteiger partial charge on any atom is -0.445 e. The fourth-order valence-electron chi connectivity index (χ4n) is 11.5. The van der Waals surface area contributed by atoms with Gasteiger partial charge >= 0.3 is 12.1 Å².